The van der Waals surface area contributed by atoms with Gasteiger partial charge in [0.15, 0.2) is 0 Å². The molecule has 0 bridgehead atoms. The molecule has 0 radical (unpaired) electrons. The summed E-state index contributed by atoms with van der Waals surface area (Å²) in [6.45, 7) is 6.55. The molecule has 2 heteroatoms. The van der Waals surface area contributed by atoms with E-state index in [9.17, 15) is 0 Å². The first-order valence-electron chi connectivity index (χ1n) is 6.00. The van der Waals surface area contributed by atoms with Crippen LogP contribution in [0.25, 0.3) is 0 Å². The predicted molar refractivity (Wildman–Crippen MR) is 60.2 cm³/mol. The summed E-state index contributed by atoms with van der Waals surface area (Å²) in [5.41, 5.74) is 5.99. The van der Waals surface area contributed by atoms with Crippen LogP contribution < -0.4 is 5.73 Å². The van der Waals surface area contributed by atoms with Crippen molar-refractivity contribution in [2.45, 2.75) is 71.1 Å². The Balaban J connectivity index is 2.04. The first-order chi connectivity index (χ1) is 6.59. The van der Waals surface area contributed by atoms with E-state index in [4.69, 9.17) is 10.5 Å². The Bertz CT molecular complexity index is 158. The number of hydrogen-bond donors (Lipinski definition) is 1. The molecule has 1 fully saturated rings. The monoisotopic (exact) mass is 199 g/mol. The van der Waals surface area contributed by atoms with Crippen molar-refractivity contribution in [3.05, 3.63) is 0 Å². The predicted octanol–water partition coefficient (Wildman–Crippen LogP) is 2.71. The van der Waals surface area contributed by atoms with Crippen molar-refractivity contribution >= 4 is 0 Å². The van der Waals surface area contributed by atoms with E-state index in [2.05, 4.69) is 20.8 Å². The van der Waals surface area contributed by atoms with Gasteiger partial charge in [-0.05, 0) is 44.9 Å². The van der Waals surface area contributed by atoms with E-state index >= 15 is 0 Å². The Morgan fingerprint density at radius 1 is 1.36 bits per heavy atom. The highest BCUT2D eigenvalue weighted by Gasteiger charge is 2.21. The molecule has 14 heavy (non-hydrogen) atoms. The van der Waals surface area contributed by atoms with Gasteiger partial charge in [-0.15, -0.1) is 0 Å². The molecular weight excluding hydrogens is 174 g/mol. The molecule has 3 unspecified atom stereocenters. The molecule has 0 aromatic heterocycles. The largest absolute Gasteiger partial charge is 0.375 e. The van der Waals surface area contributed by atoms with Crippen LogP contribution in [0.2, 0.25) is 0 Å². The number of nitrogens with two attached hydrogens (primary N) is 1. The highest BCUT2D eigenvalue weighted by molar-refractivity contribution is 4.72. The highest BCUT2D eigenvalue weighted by Crippen LogP contribution is 2.23. The molecule has 0 saturated carbocycles. The molecule has 1 rings (SSSR count). The minimum atomic E-state index is 0.369. The van der Waals surface area contributed by atoms with Crippen LogP contribution in [0.4, 0.5) is 0 Å². The fourth-order valence-electron chi connectivity index (χ4n) is 2.01. The third-order valence-corrected chi connectivity index (χ3v) is 3.24. The Kier molecular flexibility index (Phi) is 4.90. The second-order valence-electron chi connectivity index (χ2n) is 4.98. The standard InChI is InChI=1S/C12H25NO/c1-9(2)12(13)6-4-5-11-8-7-10(3)14-11/h9-12H,4-8,13H2,1-3H3. The minimum absolute atomic E-state index is 0.369. The fraction of sp³-hybridized carbons (Fsp3) is 1.00. The molecule has 0 aliphatic carbocycles. The van der Waals surface area contributed by atoms with E-state index in [1.54, 1.807) is 0 Å². The van der Waals surface area contributed by atoms with Crippen LogP contribution in [0.1, 0.15) is 52.9 Å². The maximum Gasteiger partial charge on any atom is 0.0579 e. The maximum atomic E-state index is 5.99. The maximum absolute atomic E-state index is 5.99. The number of ether oxygens (including phenoxy) is 1. The molecule has 0 amide bonds. The zero-order chi connectivity index (χ0) is 10.6. The fourth-order valence-corrected chi connectivity index (χ4v) is 2.01. The van der Waals surface area contributed by atoms with Crippen molar-refractivity contribution in [2.24, 2.45) is 11.7 Å². The Morgan fingerprint density at radius 2 is 2.07 bits per heavy atom. The zero-order valence-corrected chi connectivity index (χ0v) is 9.83. The summed E-state index contributed by atoms with van der Waals surface area (Å²) in [7, 11) is 0. The quantitative estimate of drug-likeness (QED) is 0.739. The molecule has 0 spiro atoms. The van der Waals surface area contributed by atoms with Crippen LogP contribution in [0.5, 0.6) is 0 Å². The van der Waals surface area contributed by atoms with Gasteiger partial charge in [0.05, 0.1) is 12.2 Å². The Hall–Kier alpha value is -0.0800. The lowest BCUT2D eigenvalue weighted by atomic mass is 9.98. The van der Waals surface area contributed by atoms with E-state index in [0.717, 1.165) is 6.42 Å². The summed E-state index contributed by atoms with van der Waals surface area (Å²) >= 11 is 0. The van der Waals surface area contributed by atoms with Crippen LogP contribution >= 0.6 is 0 Å². The van der Waals surface area contributed by atoms with Crippen LogP contribution in [0.3, 0.4) is 0 Å². The van der Waals surface area contributed by atoms with Crippen molar-refractivity contribution in [1.29, 1.82) is 0 Å². The number of rotatable bonds is 5. The minimum Gasteiger partial charge on any atom is -0.375 e. The average Bonchev–Trinajstić information content (AvgIpc) is 2.51. The molecule has 1 aliphatic heterocycles. The van der Waals surface area contributed by atoms with E-state index in [-0.39, 0.29) is 0 Å². The second kappa shape index (κ2) is 5.72. The van der Waals surface area contributed by atoms with Crippen molar-refractivity contribution in [2.75, 3.05) is 0 Å². The van der Waals surface area contributed by atoms with Gasteiger partial charge in [-0.2, -0.15) is 0 Å². The first kappa shape index (κ1) is 12.0. The van der Waals surface area contributed by atoms with Gasteiger partial charge in [0, 0.05) is 6.04 Å². The lowest BCUT2D eigenvalue weighted by Crippen LogP contribution is -2.26. The van der Waals surface area contributed by atoms with Crippen molar-refractivity contribution in [1.82, 2.24) is 0 Å². The average molecular weight is 199 g/mol. The third-order valence-electron chi connectivity index (χ3n) is 3.24. The van der Waals surface area contributed by atoms with E-state index < -0.39 is 0 Å². The molecule has 1 aliphatic rings. The van der Waals surface area contributed by atoms with Gasteiger partial charge in [0.1, 0.15) is 0 Å². The van der Waals surface area contributed by atoms with Gasteiger partial charge in [-0.25, -0.2) is 0 Å². The Morgan fingerprint density at radius 3 is 2.57 bits per heavy atom. The molecule has 2 nitrogen and oxygen atoms in total. The van der Waals surface area contributed by atoms with E-state index in [1.807, 2.05) is 0 Å². The number of hydrogen-bond acceptors (Lipinski definition) is 2. The summed E-state index contributed by atoms with van der Waals surface area (Å²) in [6, 6.07) is 0.369. The molecule has 1 heterocycles. The molecule has 0 aromatic carbocycles. The van der Waals surface area contributed by atoms with Gasteiger partial charge < -0.3 is 10.5 Å². The normalized spacial score (nSPS) is 29.8. The Labute approximate surface area is 88.2 Å². The van der Waals surface area contributed by atoms with Crippen LogP contribution in [-0.2, 0) is 4.74 Å². The highest BCUT2D eigenvalue weighted by atomic mass is 16.5. The van der Waals surface area contributed by atoms with Crippen LogP contribution in [0.15, 0.2) is 0 Å². The first-order valence-corrected chi connectivity index (χ1v) is 6.00. The van der Waals surface area contributed by atoms with Crippen molar-refractivity contribution < 1.29 is 4.74 Å². The molecule has 84 valence electrons. The molecule has 1 saturated heterocycles. The van der Waals surface area contributed by atoms with E-state index in [1.165, 1.54) is 25.7 Å². The summed E-state index contributed by atoms with van der Waals surface area (Å²) in [5.74, 6) is 0.610. The summed E-state index contributed by atoms with van der Waals surface area (Å²) in [5, 5.41) is 0. The van der Waals surface area contributed by atoms with E-state index in [0.29, 0.717) is 24.2 Å². The molecular formula is C12H25NO. The van der Waals surface area contributed by atoms with Gasteiger partial charge in [-0.1, -0.05) is 13.8 Å². The summed E-state index contributed by atoms with van der Waals surface area (Å²) in [4.78, 5) is 0. The van der Waals surface area contributed by atoms with Crippen molar-refractivity contribution in [3.63, 3.8) is 0 Å². The summed E-state index contributed by atoms with van der Waals surface area (Å²) < 4.78 is 5.76. The second-order valence-corrected chi connectivity index (χ2v) is 4.98. The topological polar surface area (TPSA) is 35.2 Å². The van der Waals surface area contributed by atoms with Gasteiger partial charge in [-0.3, -0.25) is 0 Å². The smallest absolute Gasteiger partial charge is 0.0579 e. The zero-order valence-electron chi connectivity index (χ0n) is 9.83. The lowest BCUT2D eigenvalue weighted by Gasteiger charge is -2.16. The van der Waals surface area contributed by atoms with Crippen molar-refractivity contribution in [3.8, 4) is 0 Å². The van der Waals surface area contributed by atoms with Crippen LogP contribution in [0, 0.1) is 5.92 Å². The van der Waals surface area contributed by atoms with Gasteiger partial charge in [0.25, 0.3) is 0 Å². The van der Waals surface area contributed by atoms with Gasteiger partial charge >= 0.3 is 0 Å². The third kappa shape index (κ3) is 3.97. The molecule has 3 atom stereocenters. The SMILES string of the molecule is CC1CCC(CCCC(N)C(C)C)O1. The lowest BCUT2D eigenvalue weighted by molar-refractivity contribution is 0.0491. The molecule has 0 aromatic rings. The van der Waals surface area contributed by atoms with Crippen LogP contribution in [-0.4, -0.2) is 18.2 Å². The summed E-state index contributed by atoms with van der Waals surface area (Å²) in [6.07, 6.45) is 7.05. The van der Waals surface area contributed by atoms with Gasteiger partial charge in [0.2, 0.25) is 0 Å². The molecule has 2 N–H and O–H groups in total.